The molecule has 0 aliphatic carbocycles. The summed E-state index contributed by atoms with van der Waals surface area (Å²) in [4.78, 5) is 24.4. The summed E-state index contributed by atoms with van der Waals surface area (Å²) in [6.07, 6.45) is 0.828. The van der Waals surface area contributed by atoms with Gasteiger partial charge < -0.3 is 10.6 Å². The Morgan fingerprint density at radius 1 is 1.15 bits per heavy atom. The van der Waals surface area contributed by atoms with Gasteiger partial charge in [-0.15, -0.1) is 0 Å². The summed E-state index contributed by atoms with van der Waals surface area (Å²) in [6.45, 7) is 9.04. The Labute approximate surface area is 121 Å². The molecule has 0 heterocycles. The van der Waals surface area contributed by atoms with Crippen LogP contribution in [0.1, 0.15) is 40.2 Å². The summed E-state index contributed by atoms with van der Waals surface area (Å²) in [6, 6.07) is 7.64. The highest BCUT2D eigenvalue weighted by Crippen LogP contribution is 2.22. The molecule has 0 saturated heterocycles. The van der Waals surface area contributed by atoms with E-state index >= 15 is 0 Å². The Morgan fingerprint density at radius 2 is 1.75 bits per heavy atom. The minimum Gasteiger partial charge on any atom is -0.353 e. The number of amides is 2. The first-order valence-electron chi connectivity index (χ1n) is 6.99. The molecular weight excluding hydrogens is 252 g/mol. The standard InChI is InChI=1S/C16H24N2O2/c1-6-12-9-7-8-10-13(12)18-15(20)16(4,5)14(19)17-11(2)3/h7-11H,6H2,1-5H3,(H,17,19)(H,18,20). The summed E-state index contributed by atoms with van der Waals surface area (Å²) in [7, 11) is 0. The smallest absolute Gasteiger partial charge is 0.239 e. The van der Waals surface area contributed by atoms with Crippen molar-refractivity contribution in [2.45, 2.75) is 47.1 Å². The zero-order valence-electron chi connectivity index (χ0n) is 12.9. The van der Waals surface area contributed by atoms with Gasteiger partial charge in [0, 0.05) is 11.7 Å². The molecule has 110 valence electrons. The fourth-order valence-electron chi connectivity index (χ4n) is 1.77. The molecule has 0 fully saturated rings. The molecule has 1 aromatic carbocycles. The molecule has 4 nitrogen and oxygen atoms in total. The van der Waals surface area contributed by atoms with Crippen molar-refractivity contribution in [1.29, 1.82) is 0 Å². The summed E-state index contributed by atoms with van der Waals surface area (Å²) in [5.41, 5.74) is 0.719. The van der Waals surface area contributed by atoms with Crippen molar-refractivity contribution in [3.8, 4) is 0 Å². The number of benzene rings is 1. The molecule has 0 atom stereocenters. The van der Waals surface area contributed by atoms with Crippen LogP contribution in [-0.4, -0.2) is 17.9 Å². The van der Waals surface area contributed by atoms with E-state index in [0.717, 1.165) is 17.7 Å². The highest BCUT2D eigenvalue weighted by molar-refractivity contribution is 6.10. The lowest BCUT2D eigenvalue weighted by Crippen LogP contribution is -2.47. The van der Waals surface area contributed by atoms with Gasteiger partial charge in [0.05, 0.1) is 0 Å². The zero-order valence-corrected chi connectivity index (χ0v) is 12.9. The van der Waals surface area contributed by atoms with Gasteiger partial charge in [-0.2, -0.15) is 0 Å². The molecule has 0 aliphatic rings. The van der Waals surface area contributed by atoms with Gasteiger partial charge in [0.2, 0.25) is 11.8 Å². The number of hydrogen-bond acceptors (Lipinski definition) is 2. The number of carbonyl (C=O) groups excluding carboxylic acids is 2. The molecule has 0 radical (unpaired) electrons. The van der Waals surface area contributed by atoms with Gasteiger partial charge in [0.25, 0.3) is 0 Å². The van der Waals surface area contributed by atoms with E-state index in [0.29, 0.717) is 0 Å². The van der Waals surface area contributed by atoms with Crippen molar-refractivity contribution in [3.63, 3.8) is 0 Å². The van der Waals surface area contributed by atoms with Crippen LogP contribution in [0.4, 0.5) is 5.69 Å². The largest absolute Gasteiger partial charge is 0.353 e. The quantitative estimate of drug-likeness (QED) is 0.812. The number of para-hydroxylation sites is 1. The van der Waals surface area contributed by atoms with Gasteiger partial charge in [-0.05, 0) is 45.7 Å². The number of rotatable bonds is 5. The van der Waals surface area contributed by atoms with Crippen LogP contribution in [0.2, 0.25) is 0 Å². The summed E-state index contributed by atoms with van der Waals surface area (Å²) < 4.78 is 0. The molecular formula is C16H24N2O2. The first kappa shape index (κ1) is 16.2. The van der Waals surface area contributed by atoms with Crippen molar-refractivity contribution in [3.05, 3.63) is 29.8 Å². The maximum Gasteiger partial charge on any atom is 0.239 e. The second-order valence-corrected chi connectivity index (χ2v) is 5.72. The van der Waals surface area contributed by atoms with Crippen LogP contribution in [0, 0.1) is 5.41 Å². The minimum absolute atomic E-state index is 0.0116. The average Bonchev–Trinajstić information content (AvgIpc) is 2.38. The molecule has 0 spiro atoms. The molecule has 0 unspecified atom stereocenters. The first-order chi connectivity index (χ1) is 9.28. The second kappa shape index (κ2) is 6.55. The number of nitrogens with one attached hydrogen (secondary N) is 2. The lowest BCUT2D eigenvalue weighted by atomic mass is 9.90. The lowest BCUT2D eigenvalue weighted by molar-refractivity contribution is -0.138. The number of hydrogen-bond donors (Lipinski definition) is 2. The molecule has 0 saturated carbocycles. The Hall–Kier alpha value is -1.84. The molecule has 0 bridgehead atoms. The summed E-state index contributed by atoms with van der Waals surface area (Å²) in [5.74, 6) is -0.560. The van der Waals surface area contributed by atoms with Crippen LogP contribution in [0.15, 0.2) is 24.3 Å². The minimum atomic E-state index is -1.11. The molecule has 1 rings (SSSR count). The monoisotopic (exact) mass is 276 g/mol. The van der Waals surface area contributed by atoms with E-state index in [9.17, 15) is 9.59 Å². The van der Waals surface area contributed by atoms with Crippen molar-refractivity contribution in [2.24, 2.45) is 5.41 Å². The lowest BCUT2D eigenvalue weighted by Gasteiger charge is -2.24. The molecule has 20 heavy (non-hydrogen) atoms. The third kappa shape index (κ3) is 3.83. The Bertz CT molecular complexity index is 493. The molecule has 2 amide bonds. The second-order valence-electron chi connectivity index (χ2n) is 5.72. The molecule has 2 N–H and O–H groups in total. The third-order valence-corrected chi connectivity index (χ3v) is 3.20. The Kier molecular flexibility index (Phi) is 5.31. The van der Waals surface area contributed by atoms with Gasteiger partial charge in [-0.25, -0.2) is 0 Å². The van der Waals surface area contributed by atoms with Crippen LogP contribution in [0.25, 0.3) is 0 Å². The first-order valence-corrected chi connectivity index (χ1v) is 6.99. The predicted octanol–water partition coefficient (Wildman–Crippen LogP) is 2.74. The normalized spacial score (nSPS) is 11.3. The number of carbonyl (C=O) groups is 2. The van der Waals surface area contributed by atoms with Crippen LogP contribution >= 0.6 is 0 Å². The van der Waals surface area contributed by atoms with Crippen molar-refractivity contribution in [2.75, 3.05) is 5.32 Å². The zero-order chi connectivity index (χ0) is 15.3. The van der Waals surface area contributed by atoms with E-state index in [-0.39, 0.29) is 17.9 Å². The maximum atomic E-state index is 12.4. The average molecular weight is 276 g/mol. The maximum absolute atomic E-state index is 12.4. The van der Waals surface area contributed by atoms with E-state index in [1.165, 1.54) is 0 Å². The summed E-state index contributed by atoms with van der Waals surface area (Å²) in [5, 5.41) is 5.63. The fourth-order valence-corrected chi connectivity index (χ4v) is 1.77. The molecule has 0 aliphatic heterocycles. The van der Waals surface area contributed by atoms with Crippen LogP contribution in [-0.2, 0) is 16.0 Å². The topological polar surface area (TPSA) is 58.2 Å². The predicted molar refractivity (Wildman–Crippen MR) is 81.5 cm³/mol. The number of aryl methyl sites for hydroxylation is 1. The van der Waals surface area contributed by atoms with Crippen LogP contribution in [0.3, 0.4) is 0 Å². The van der Waals surface area contributed by atoms with Crippen molar-refractivity contribution in [1.82, 2.24) is 5.32 Å². The Balaban J connectivity index is 2.86. The molecule has 1 aromatic rings. The van der Waals surface area contributed by atoms with E-state index in [2.05, 4.69) is 10.6 Å². The van der Waals surface area contributed by atoms with Crippen molar-refractivity contribution >= 4 is 17.5 Å². The van der Waals surface area contributed by atoms with Crippen LogP contribution in [0.5, 0.6) is 0 Å². The SMILES string of the molecule is CCc1ccccc1NC(=O)C(C)(C)C(=O)NC(C)C. The van der Waals surface area contributed by atoms with E-state index < -0.39 is 5.41 Å². The third-order valence-electron chi connectivity index (χ3n) is 3.20. The van der Waals surface area contributed by atoms with Crippen molar-refractivity contribution < 1.29 is 9.59 Å². The number of anilines is 1. The molecule has 4 heteroatoms. The van der Waals surface area contributed by atoms with Gasteiger partial charge in [-0.3, -0.25) is 9.59 Å². The summed E-state index contributed by atoms with van der Waals surface area (Å²) >= 11 is 0. The highest BCUT2D eigenvalue weighted by Gasteiger charge is 2.36. The van der Waals surface area contributed by atoms with E-state index in [4.69, 9.17) is 0 Å². The van der Waals surface area contributed by atoms with E-state index in [1.807, 2.05) is 45.0 Å². The van der Waals surface area contributed by atoms with Gasteiger partial charge in [0.1, 0.15) is 5.41 Å². The fraction of sp³-hybridized carbons (Fsp3) is 0.500. The van der Waals surface area contributed by atoms with Gasteiger partial charge in [-0.1, -0.05) is 25.1 Å². The molecule has 0 aromatic heterocycles. The van der Waals surface area contributed by atoms with Gasteiger partial charge in [0.15, 0.2) is 0 Å². The van der Waals surface area contributed by atoms with Gasteiger partial charge >= 0.3 is 0 Å². The Morgan fingerprint density at radius 3 is 2.30 bits per heavy atom. The highest BCUT2D eigenvalue weighted by atomic mass is 16.2. The van der Waals surface area contributed by atoms with E-state index in [1.54, 1.807) is 13.8 Å². The van der Waals surface area contributed by atoms with Crippen LogP contribution < -0.4 is 10.6 Å².